The summed E-state index contributed by atoms with van der Waals surface area (Å²) in [6.07, 6.45) is 2.00. The van der Waals surface area contributed by atoms with Crippen molar-refractivity contribution in [3.8, 4) is 0 Å². The summed E-state index contributed by atoms with van der Waals surface area (Å²) in [4.78, 5) is 4.07. The first-order valence-corrected chi connectivity index (χ1v) is 4.49. The Morgan fingerprint density at radius 1 is 1.57 bits per heavy atom. The van der Waals surface area contributed by atoms with Crippen LogP contribution in [0.1, 0.15) is 5.56 Å². The number of nitrogens with zero attached hydrogens (tertiary/aromatic N) is 1. The molecule has 1 aromatic heterocycles. The molecule has 0 bridgehead atoms. The first-order chi connectivity index (χ1) is 6.88. The van der Waals surface area contributed by atoms with Crippen molar-refractivity contribution in [1.29, 1.82) is 0 Å². The van der Waals surface area contributed by atoms with Gasteiger partial charge in [0.05, 0.1) is 19.8 Å². The molecule has 0 radical (unpaired) electrons. The Kier molecular flexibility index (Phi) is 2.93. The lowest BCUT2D eigenvalue weighted by Gasteiger charge is -2.25. The highest BCUT2D eigenvalue weighted by molar-refractivity contribution is 5.33. The molecule has 2 rings (SSSR count). The SMILES string of the molecule is NNc1ccc(COC2COC2)cn1. The van der Waals surface area contributed by atoms with Crippen LogP contribution < -0.4 is 11.3 Å². The fourth-order valence-electron chi connectivity index (χ4n) is 1.12. The average Bonchev–Trinajstić information content (AvgIpc) is 2.16. The lowest BCUT2D eigenvalue weighted by molar-refractivity contribution is -0.135. The number of pyridine rings is 1. The summed E-state index contributed by atoms with van der Waals surface area (Å²) < 4.78 is 10.5. The number of hydrazine groups is 1. The quantitative estimate of drug-likeness (QED) is 0.533. The van der Waals surface area contributed by atoms with Crippen molar-refractivity contribution in [2.45, 2.75) is 12.7 Å². The van der Waals surface area contributed by atoms with Crippen LogP contribution in [0.5, 0.6) is 0 Å². The molecule has 1 aliphatic heterocycles. The maximum Gasteiger partial charge on any atom is 0.139 e. The Labute approximate surface area is 82.2 Å². The van der Waals surface area contributed by atoms with Gasteiger partial charge < -0.3 is 14.9 Å². The van der Waals surface area contributed by atoms with Crippen LogP contribution in [0.3, 0.4) is 0 Å². The molecular weight excluding hydrogens is 182 g/mol. The molecule has 14 heavy (non-hydrogen) atoms. The van der Waals surface area contributed by atoms with Gasteiger partial charge in [-0.05, 0) is 11.6 Å². The van der Waals surface area contributed by atoms with E-state index in [1.165, 1.54) is 0 Å². The Morgan fingerprint density at radius 3 is 2.93 bits per heavy atom. The molecule has 76 valence electrons. The lowest BCUT2D eigenvalue weighted by atomic mass is 10.3. The normalized spacial score (nSPS) is 16.4. The molecule has 0 aliphatic carbocycles. The minimum absolute atomic E-state index is 0.252. The molecule has 0 spiro atoms. The van der Waals surface area contributed by atoms with Gasteiger partial charge in [-0.25, -0.2) is 10.8 Å². The number of nitrogen functional groups attached to an aromatic ring is 1. The molecule has 1 saturated heterocycles. The predicted octanol–water partition coefficient (Wildman–Crippen LogP) is 0.283. The lowest BCUT2D eigenvalue weighted by Crippen LogP contribution is -2.35. The number of ether oxygens (including phenoxy) is 2. The van der Waals surface area contributed by atoms with Crippen molar-refractivity contribution < 1.29 is 9.47 Å². The molecule has 0 unspecified atom stereocenters. The summed E-state index contributed by atoms with van der Waals surface area (Å²) in [6, 6.07) is 3.75. The van der Waals surface area contributed by atoms with E-state index >= 15 is 0 Å². The molecular formula is C9H13N3O2. The second-order valence-corrected chi connectivity index (χ2v) is 3.17. The van der Waals surface area contributed by atoms with Gasteiger partial charge >= 0.3 is 0 Å². The number of anilines is 1. The third-order valence-corrected chi connectivity index (χ3v) is 2.07. The maximum absolute atomic E-state index is 5.52. The van der Waals surface area contributed by atoms with Crippen molar-refractivity contribution in [1.82, 2.24) is 4.98 Å². The van der Waals surface area contributed by atoms with Crippen LogP contribution in [0.4, 0.5) is 5.82 Å². The fourth-order valence-corrected chi connectivity index (χ4v) is 1.12. The largest absolute Gasteiger partial charge is 0.376 e. The Hall–Kier alpha value is -1.17. The molecule has 0 aromatic carbocycles. The summed E-state index contributed by atoms with van der Waals surface area (Å²) in [6.45, 7) is 1.98. The van der Waals surface area contributed by atoms with E-state index in [2.05, 4.69) is 10.4 Å². The van der Waals surface area contributed by atoms with Crippen LogP contribution in [0, 0.1) is 0 Å². The smallest absolute Gasteiger partial charge is 0.139 e. The molecule has 5 heteroatoms. The monoisotopic (exact) mass is 195 g/mol. The molecule has 2 heterocycles. The highest BCUT2D eigenvalue weighted by Crippen LogP contribution is 2.10. The van der Waals surface area contributed by atoms with Crippen LogP contribution in [-0.4, -0.2) is 24.3 Å². The molecule has 1 aromatic rings. The van der Waals surface area contributed by atoms with Gasteiger partial charge in [0.2, 0.25) is 0 Å². The van der Waals surface area contributed by atoms with Crippen LogP contribution >= 0.6 is 0 Å². The third kappa shape index (κ3) is 2.20. The van der Waals surface area contributed by atoms with Gasteiger partial charge in [-0.1, -0.05) is 6.07 Å². The van der Waals surface area contributed by atoms with E-state index in [4.69, 9.17) is 15.3 Å². The number of hydrogen-bond acceptors (Lipinski definition) is 5. The molecule has 0 atom stereocenters. The van der Waals surface area contributed by atoms with E-state index in [0.717, 1.165) is 5.56 Å². The predicted molar refractivity (Wildman–Crippen MR) is 51.4 cm³/mol. The van der Waals surface area contributed by atoms with E-state index in [-0.39, 0.29) is 6.10 Å². The van der Waals surface area contributed by atoms with Crippen molar-refractivity contribution in [3.63, 3.8) is 0 Å². The number of nitrogens with one attached hydrogen (secondary N) is 1. The standard InChI is InChI=1S/C9H13N3O2/c10-12-9-2-1-7(3-11-9)4-14-8-5-13-6-8/h1-3,8H,4-6,10H2,(H,11,12). The van der Waals surface area contributed by atoms with Crippen LogP contribution in [0.15, 0.2) is 18.3 Å². The van der Waals surface area contributed by atoms with Crippen molar-refractivity contribution in [2.24, 2.45) is 5.84 Å². The van der Waals surface area contributed by atoms with Gasteiger partial charge in [0.15, 0.2) is 0 Å². The van der Waals surface area contributed by atoms with Crippen LogP contribution in [0.2, 0.25) is 0 Å². The zero-order chi connectivity index (χ0) is 9.80. The van der Waals surface area contributed by atoms with Gasteiger partial charge in [-0.15, -0.1) is 0 Å². The van der Waals surface area contributed by atoms with E-state index in [1.807, 2.05) is 12.1 Å². The number of aromatic nitrogens is 1. The third-order valence-electron chi connectivity index (χ3n) is 2.07. The van der Waals surface area contributed by atoms with Gasteiger partial charge in [0, 0.05) is 6.20 Å². The summed E-state index contributed by atoms with van der Waals surface area (Å²) in [7, 11) is 0. The molecule has 3 N–H and O–H groups in total. The highest BCUT2D eigenvalue weighted by atomic mass is 16.6. The van der Waals surface area contributed by atoms with Crippen LogP contribution in [0.25, 0.3) is 0 Å². The van der Waals surface area contributed by atoms with Crippen molar-refractivity contribution >= 4 is 5.82 Å². The average molecular weight is 195 g/mol. The highest BCUT2D eigenvalue weighted by Gasteiger charge is 2.18. The van der Waals surface area contributed by atoms with Crippen molar-refractivity contribution in [3.05, 3.63) is 23.9 Å². The van der Waals surface area contributed by atoms with E-state index in [0.29, 0.717) is 25.6 Å². The summed E-state index contributed by atoms with van der Waals surface area (Å²) in [5.74, 6) is 5.85. The molecule has 0 saturated carbocycles. The Bertz CT molecular complexity index is 285. The van der Waals surface area contributed by atoms with Gasteiger partial charge in [-0.2, -0.15) is 0 Å². The summed E-state index contributed by atoms with van der Waals surface area (Å²) >= 11 is 0. The topological polar surface area (TPSA) is 69.4 Å². The second kappa shape index (κ2) is 4.36. The second-order valence-electron chi connectivity index (χ2n) is 3.17. The van der Waals surface area contributed by atoms with Gasteiger partial charge in [0.25, 0.3) is 0 Å². The van der Waals surface area contributed by atoms with E-state index < -0.39 is 0 Å². The Balaban J connectivity index is 1.83. The Morgan fingerprint density at radius 2 is 2.43 bits per heavy atom. The van der Waals surface area contributed by atoms with Gasteiger partial charge in [-0.3, -0.25) is 0 Å². The maximum atomic E-state index is 5.52. The molecule has 1 aliphatic rings. The van der Waals surface area contributed by atoms with Crippen molar-refractivity contribution in [2.75, 3.05) is 18.6 Å². The summed E-state index contributed by atoms with van der Waals surface area (Å²) in [5, 5.41) is 0. The first-order valence-electron chi connectivity index (χ1n) is 4.49. The fraction of sp³-hybridized carbons (Fsp3) is 0.444. The van der Waals surface area contributed by atoms with E-state index in [9.17, 15) is 0 Å². The number of rotatable bonds is 4. The number of hydrogen-bond donors (Lipinski definition) is 2. The zero-order valence-electron chi connectivity index (χ0n) is 7.77. The van der Waals surface area contributed by atoms with Crippen LogP contribution in [-0.2, 0) is 16.1 Å². The zero-order valence-corrected chi connectivity index (χ0v) is 7.77. The number of nitrogens with two attached hydrogens (primary N) is 1. The summed E-state index contributed by atoms with van der Waals surface area (Å²) in [5.41, 5.74) is 3.51. The minimum Gasteiger partial charge on any atom is -0.376 e. The van der Waals surface area contributed by atoms with E-state index in [1.54, 1.807) is 6.20 Å². The van der Waals surface area contributed by atoms with Gasteiger partial charge in [0.1, 0.15) is 11.9 Å². The minimum atomic E-state index is 0.252. The molecule has 5 nitrogen and oxygen atoms in total. The first kappa shape index (κ1) is 9.39. The molecule has 0 amide bonds. The molecule has 1 fully saturated rings.